The van der Waals surface area contributed by atoms with Crippen LogP contribution in [0.15, 0.2) is 11.7 Å². The molecular weight excluding hydrogens is 262 g/mol. The monoisotopic (exact) mass is 285 g/mol. The summed E-state index contributed by atoms with van der Waals surface area (Å²) in [6, 6.07) is 1.21. The molecule has 0 spiro atoms. The Morgan fingerprint density at radius 2 is 2.50 bits per heavy atom. The van der Waals surface area contributed by atoms with Crippen LogP contribution in [0.5, 0.6) is 0 Å². The summed E-state index contributed by atoms with van der Waals surface area (Å²) in [7, 11) is 2.26. The molecule has 18 heavy (non-hydrogen) atoms. The Kier molecular flexibility index (Phi) is 5.95. The van der Waals surface area contributed by atoms with E-state index in [4.69, 9.17) is 0 Å². The van der Waals surface area contributed by atoms with Gasteiger partial charge in [-0.25, -0.2) is 0 Å². The van der Waals surface area contributed by atoms with Crippen LogP contribution in [-0.4, -0.2) is 53.6 Å². The predicted octanol–water partition coefficient (Wildman–Crippen LogP) is 2.10. The van der Waals surface area contributed by atoms with Crippen molar-refractivity contribution < 1.29 is 0 Å². The summed E-state index contributed by atoms with van der Waals surface area (Å²) >= 11 is 3.86. The van der Waals surface area contributed by atoms with Crippen LogP contribution in [-0.2, 0) is 6.42 Å². The molecule has 1 fully saturated rings. The maximum atomic E-state index is 4.19. The van der Waals surface area contributed by atoms with Gasteiger partial charge in [0.2, 0.25) is 0 Å². The average molecular weight is 285 g/mol. The molecule has 102 valence electrons. The fourth-order valence-corrected chi connectivity index (χ4v) is 4.33. The molecule has 2 unspecified atom stereocenters. The molecule has 2 heterocycles. The van der Waals surface area contributed by atoms with Gasteiger partial charge >= 0.3 is 0 Å². The number of rotatable bonds is 6. The average Bonchev–Trinajstić information content (AvgIpc) is 2.88. The molecule has 5 heteroatoms. The first kappa shape index (κ1) is 14.3. The first-order chi connectivity index (χ1) is 8.81. The van der Waals surface area contributed by atoms with Crippen LogP contribution in [0.1, 0.15) is 18.2 Å². The van der Waals surface area contributed by atoms with E-state index in [-0.39, 0.29) is 0 Å². The topological polar surface area (TPSA) is 28.2 Å². The second kappa shape index (κ2) is 7.48. The maximum Gasteiger partial charge on any atom is 0.0794 e. The Bertz CT molecular complexity index is 329. The van der Waals surface area contributed by atoms with Crippen molar-refractivity contribution in [2.45, 2.75) is 31.8 Å². The molecule has 1 aliphatic rings. The maximum absolute atomic E-state index is 4.19. The number of nitrogens with zero attached hydrogens (tertiary/aromatic N) is 2. The number of thioether (sulfide) groups is 1. The van der Waals surface area contributed by atoms with Crippen LogP contribution in [0.25, 0.3) is 0 Å². The molecule has 0 aromatic carbocycles. The first-order valence-electron chi connectivity index (χ1n) is 6.70. The van der Waals surface area contributed by atoms with Gasteiger partial charge in [0, 0.05) is 47.6 Å². The smallest absolute Gasteiger partial charge is 0.0794 e. The molecule has 1 N–H and O–H groups in total. The second-order valence-electron chi connectivity index (χ2n) is 4.86. The summed E-state index contributed by atoms with van der Waals surface area (Å²) in [6.45, 7) is 4.55. The minimum atomic E-state index is 0.559. The lowest BCUT2D eigenvalue weighted by Crippen LogP contribution is -2.53. The summed E-state index contributed by atoms with van der Waals surface area (Å²) < 4.78 is 0. The largest absolute Gasteiger partial charge is 0.312 e. The molecule has 3 nitrogen and oxygen atoms in total. The Morgan fingerprint density at radius 1 is 1.61 bits per heavy atom. The highest BCUT2D eigenvalue weighted by Crippen LogP contribution is 2.20. The molecular formula is C13H23N3S2. The zero-order valence-corrected chi connectivity index (χ0v) is 12.9. The number of hydrogen-bond donors (Lipinski definition) is 1. The third kappa shape index (κ3) is 3.95. The summed E-state index contributed by atoms with van der Waals surface area (Å²) in [5, 5.41) is 3.73. The Labute approximate surface area is 118 Å². The normalized spacial score (nSPS) is 23.1. The second-order valence-corrected chi connectivity index (χ2v) is 6.98. The molecule has 0 amide bonds. The van der Waals surface area contributed by atoms with Gasteiger partial charge in [0.25, 0.3) is 0 Å². The van der Waals surface area contributed by atoms with Gasteiger partial charge in [-0.3, -0.25) is 4.98 Å². The van der Waals surface area contributed by atoms with Crippen LogP contribution in [0.4, 0.5) is 0 Å². The van der Waals surface area contributed by atoms with Gasteiger partial charge in [0.1, 0.15) is 0 Å². The summed E-state index contributed by atoms with van der Waals surface area (Å²) in [6.07, 6.45) is 4.32. The van der Waals surface area contributed by atoms with Crippen molar-refractivity contribution in [1.29, 1.82) is 0 Å². The first-order valence-corrected chi connectivity index (χ1v) is 8.73. The number of likely N-dealkylation sites (N-methyl/N-ethyl adjacent to an activating group) is 1. The van der Waals surface area contributed by atoms with Gasteiger partial charge in [-0.15, -0.1) is 11.3 Å². The van der Waals surface area contributed by atoms with E-state index in [0.29, 0.717) is 12.1 Å². The zero-order valence-electron chi connectivity index (χ0n) is 11.3. The highest BCUT2D eigenvalue weighted by Gasteiger charge is 2.27. The van der Waals surface area contributed by atoms with Gasteiger partial charge in [-0.1, -0.05) is 6.92 Å². The Hall–Kier alpha value is -0.100. The van der Waals surface area contributed by atoms with Gasteiger partial charge < -0.3 is 10.2 Å². The molecule has 0 saturated carbocycles. The number of nitrogens with one attached hydrogen (secondary N) is 1. The molecule has 2 rings (SSSR count). The molecule has 1 aliphatic heterocycles. The van der Waals surface area contributed by atoms with E-state index in [1.54, 1.807) is 11.3 Å². The van der Waals surface area contributed by atoms with Gasteiger partial charge in [-0.05, 0) is 20.0 Å². The van der Waals surface area contributed by atoms with Gasteiger partial charge in [0.05, 0.1) is 5.51 Å². The van der Waals surface area contributed by atoms with E-state index in [1.807, 2.05) is 11.7 Å². The summed E-state index contributed by atoms with van der Waals surface area (Å²) in [4.78, 5) is 8.11. The zero-order chi connectivity index (χ0) is 12.8. The van der Waals surface area contributed by atoms with Crippen molar-refractivity contribution in [3.05, 3.63) is 16.6 Å². The van der Waals surface area contributed by atoms with Crippen LogP contribution < -0.4 is 5.32 Å². The van der Waals surface area contributed by atoms with Crippen molar-refractivity contribution in [2.75, 3.05) is 31.6 Å². The molecule has 0 bridgehead atoms. The summed E-state index contributed by atoms with van der Waals surface area (Å²) in [5.74, 6) is 2.52. The highest BCUT2D eigenvalue weighted by molar-refractivity contribution is 7.99. The Morgan fingerprint density at radius 3 is 3.17 bits per heavy atom. The molecule has 1 saturated heterocycles. The lowest BCUT2D eigenvalue weighted by molar-refractivity contribution is 0.214. The van der Waals surface area contributed by atoms with Crippen molar-refractivity contribution in [1.82, 2.24) is 15.2 Å². The van der Waals surface area contributed by atoms with Gasteiger partial charge in [0.15, 0.2) is 0 Å². The molecule has 0 radical (unpaired) electrons. The molecule has 1 aromatic heterocycles. The lowest BCUT2D eigenvalue weighted by atomic mass is 10.0. The quantitative estimate of drug-likeness (QED) is 0.866. The van der Waals surface area contributed by atoms with Crippen molar-refractivity contribution in [3.8, 4) is 0 Å². The van der Waals surface area contributed by atoms with Crippen LogP contribution in [0.3, 0.4) is 0 Å². The van der Waals surface area contributed by atoms with Crippen molar-refractivity contribution >= 4 is 23.1 Å². The fourth-order valence-electron chi connectivity index (χ4n) is 2.36. The van der Waals surface area contributed by atoms with Crippen molar-refractivity contribution in [2.24, 2.45) is 0 Å². The third-order valence-electron chi connectivity index (χ3n) is 3.47. The molecule has 0 aliphatic carbocycles. The van der Waals surface area contributed by atoms with Crippen LogP contribution in [0.2, 0.25) is 0 Å². The molecule has 1 aromatic rings. The van der Waals surface area contributed by atoms with E-state index in [0.717, 1.165) is 13.0 Å². The van der Waals surface area contributed by atoms with Crippen LogP contribution in [0, 0.1) is 0 Å². The van der Waals surface area contributed by atoms with E-state index >= 15 is 0 Å². The van der Waals surface area contributed by atoms with E-state index in [1.165, 1.54) is 29.3 Å². The fraction of sp³-hybridized carbons (Fsp3) is 0.769. The number of aromatic nitrogens is 1. The molecule has 2 atom stereocenters. The summed E-state index contributed by atoms with van der Waals surface area (Å²) in [5.41, 5.74) is 1.94. The standard InChI is InChI=1S/C13H23N3S2/c1-3-4-15-12(7-11-8-14-10-18-11)13-9-17-6-5-16(13)2/h8,10,12-13,15H,3-7,9H2,1-2H3. The SMILES string of the molecule is CCCNC(Cc1cncs1)C1CSCCN1C. The lowest BCUT2D eigenvalue weighted by Gasteiger charge is -2.38. The predicted molar refractivity (Wildman–Crippen MR) is 81.6 cm³/mol. The number of thiazole rings is 1. The highest BCUT2D eigenvalue weighted by atomic mass is 32.2. The van der Waals surface area contributed by atoms with Gasteiger partial charge in [-0.2, -0.15) is 11.8 Å². The minimum absolute atomic E-state index is 0.559. The Balaban J connectivity index is 1.98. The number of hydrogen-bond acceptors (Lipinski definition) is 5. The van der Waals surface area contributed by atoms with Crippen molar-refractivity contribution in [3.63, 3.8) is 0 Å². The minimum Gasteiger partial charge on any atom is -0.312 e. The third-order valence-corrected chi connectivity index (χ3v) is 5.32. The van der Waals surface area contributed by atoms with E-state index in [2.05, 4.69) is 40.9 Å². The van der Waals surface area contributed by atoms with E-state index < -0.39 is 0 Å². The van der Waals surface area contributed by atoms with E-state index in [9.17, 15) is 0 Å². The van der Waals surface area contributed by atoms with Crippen LogP contribution >= 0.6 is 23.1 Å².